The Morgan fingerprint density at radius 3 is 2.62 bits per heavy atom. The lowest BCUT2D eigenvalue weighted by Crippen LogP contribution is -2.36. The Morgan fingerprint density at radius 2 is 2.06 bits per heavy atom. The van der Waals surface area contributed by atoms with Gasteiger partial charge in [0.25, 0.3) is 5.91 Å². The highest BCUT2D eigenvalue weighted by atomic mass is 32.2. The normalized spacial score (nSPS) is 11.2. The Hall–Kier alpha value is -1.03. The van der Waals surface area contributed by atoms with Crippen LogP contribution in [0.5, 0.6) is 0 Å². The van der Waals surface area contributed by atoms with Crippen LogP contribution in [0.25, 0.3) is 0 Å². The average Bonchev–Trinajstić information content (AvgIpc) is 2.27. The van der Waals surface area contributed by atoms with Gasteiger partial charge in [-0.3, -0.25) is 4.79 Å². The maximum absolute atomic E-state index is 13.3. The molecule has 0 aliphatic rings. The van der Waals surface area contributed by atoms with Gasteiger partial charge in [0, 0.05) is 11.3 Å². The van der Waals surface area contributed by atoms with Crippen molar-refractivity contribution in [3.63, 3.8) is 0 Å². The first kappa shape index (κ1) is 13.0. The van der Waals surface area contributed by atoms with Crippen LogP contribution in [0.4, 0.5) is 4.39 Å². The third-order valence-corrected chi connectivity index (χ3v) is 3.60. The zero-order valence-corrected chi connectivity index (χ0v) is 10.5. The standard InChI is InChI=1S/C12H16FNOS/c1-12(2,16-3)8-14-11(15)9-6-4-5-7-10(9)13/h4-7H,8H2,1-3H3,(H,14,15). The molecule has 1 N–H and O–H groups in total. The van der Waals surface area contributed by atoms with E-state index in [-0.39, 0.29) is 16.2 Å². The van der Waals surface area contributed by atoms with Crippen molar-refractivity contribution in [1.29, 1.82) is 0 Å². The maximum atomic E-state index is 13.3. The minimum absolute atomic E-state index is 0.0408. The first-order chi connectivity index (χ1) is 7.46. The van der Waals surface area contributed by atoms with E-state index in [0.29, 0.717) is 6.54 Å². The molecular formula is C12H16FNOS. The van der Waals surface area contributed by atoms with Crippen LogP contribution < -0.4 is 5.32 Å². The van der Waals surface area contributed by atoms with Crippen LogP contribution in [0.3, 0.4) is 0 Å². The van der Waals surface area contributed by atoms with Gasteiger partial charge in [-0.25, -0.2) is 4.39 Å². The summed E-state index contributed by atoms with van der Waals surface area (Å²) in [4.78, 5) is 11.7. The highest BCUT2D eigenvalue weighted by molar-refractivity contribution is 7.99. The second-order valence-electron chi connectivity index (χ2n) is 4.13. The molecule has 1 aromatic carbocycles. The Kier molecular flexibility index (Phi) is 4.35. The predicted molar refractivity (Wildman–Crippen MR) is 66.3 cm³/mol. The number of amides is 1. The van der Waals surface area contributed by atoms with Crippen molar-refractivity contribution >= 4 is 17.7 Å². The van der Waals surface area contributed by atoms with Crippen molar-refractivity contribution in [3.8, 4) is 0 Å². The van der Waals surface area contributed by atoms with Crippen molar-refractivity contribution in [2.75, 3.05) is 12.8 Å². The van der Waals surface area contributed by atoms with E-state index in [1.165, 1.54) is 12.1 Å². The van der Waals surface area contributed by atoms with Crippen molar-refractivity contribution < 1.29 is 9.18 Å². The summed E-state index contributed by atoms with van der Waals surface area (Å²) in [6.07, 6.45) is 1.98. The van der Waals surface area contributed by atoms with Crippen LogP contribution in [0, 0.1) is 5.82 Å². The number of carbonyl (C=O) groups excluding carboxylic acids is 1. The van der Waals surface area contributed by atoms with E-state index in [1.54, 1.807) is 23.9 Å². The number of hydrogen-bond donors (Lipinski definition) is 1. The predicted octanol–water partition coefficient (Wildman–Crippen LogP) is 2.70. The Morgan fingerprint density at radius 1 is 1.44 bits per heavy atom. The summed E-state index contributed by atoms with van der Waals surface area (Å²) >= 11 is 1.66. The lowest BCUT2D eigenvalue weighted by atomic mass is 10.1. The van der Waals surface area contributed by atoms with Crippen LogP contribution in [0.1, 0.15) is 24.2 Å². The molecule has 0 fully saturated rings. The summed E-state index contributed by atoms with van der Waals surface area (Å²) in [6, 6.07) is 5.99. The molecule has 0 unspecified atom stereocenters. The number of hydrogen-bond acceptors (Lipinski definition) is 2. The van der Waals surface area contributed by atoms with E-state index in [0.717, 1.165) is 0 Å². The Labute approximate surface area is 99.6 Å². The van der Waals surface area contributed by atoms with Crippen LogP contribution in [0.2, 0.25) is 0 Å². The fraction of sp³-hybridized carbons (Fsp3) is 0.417. The van der Waals surface area contributed by atoms with Crippen molar-refractivity contribution in [3.05, 3.63) is 35.6 Å². The molecule has 88 valence electrons. The van der Waals surface area contributed by atoms with E-state index >= 15 is 0 Å². The van der Waals surface area contributed by atoms with Gasteiger partial charge in [-0.2, -0.15) is 11.8 Å². The first-order valence-electron chi connectivity index (χ1n) is 5.04. The number of benzene rings is 1. The van der Waals surface area contributed by atoms with Gasteiger partial charge in [0.2, 0.25) is 0 Å². The van der Waals surface area contributed by atoms with Crippen molar-refractivity contribution in [2.45, 2.75) is 18.6 Å². The molecule has 0 saturated carbocycles. The Bertz CT molecular complexity index is 379. The molecular weight excluding hydrogens is 225 g/mol. The van der Waals surface area contributed by atoms with Gasteiger partial charge >= 0.3 is 0 Å². The first-order valence-corrected chi connectivity index (χ1v) is 6.26. The quantitative estimate of drug-likeness (QED) is 0.878. The highest BCUT2D eigenvalue weighted by Crippen LogP contribution is 2.19. The summed E-state index contributed by atoms with van der Waals surface area (Å²) < 4.78 is 13.2. The van der Waals surface area contributed by atoms with E-state index in [4.69, 9.17) is 0 Å². The molecule has 0 heterocycles. The topological polar surface area (TPSA) is 29.1 Å². The average molecular weight is 241 g/mol. The van der Waals surface area contributed by atoms with Crippen molar-refractivity contribution in [1.82, 2.24) is 5.32 Å². The molecule has 0 aromatic heterocycles. The van der Waals surface area contributed by atoms with Crippen LogP contribution >= 0.6 is 11.8 Å². The molecule has 16 heavy (non-hydrogen) atoms. The van der Waals surface area contributed by atoms with Crippen LogP contribution in [0.15, 0.2) is 24.3 Å². The van der Waals surface area contributed by atoms with Crippen molar-refractivity contribution in [2.24, 2.45) is 0 Å². The lowest BCUT2D eigenvalue weighted by Gasteiger charge is -2.22. The maximum Gasteiger partial charge on any atom is 0.254 e. The van der Waals surface area contributed by atoms with Gasteiger partial charge in [-0.15, -0.1) is 0 Å². The summed E-state index contributed by atoms with van der Waals surface area (Å²) in [7, 11) is 0. The number of halogens is 1. The summed E-state index contributed by atoms with van der Waals surface area (Å²) in [5, 5.41) is 2.73. The molecule has 4 heteroatoms. The number of nitrogens with one attached hydrogen (secondary N) is 1. The van der Waals surface area contributed by atoms with Crippen LogP contribution in [-0.2, 0) is 0 Å². The SMILES string of the molecule is CSC(C)(C)CNC(=O)c1ccccc1F. The third-order valence-electron chi connectivity index (χ3n) is 2.35. The molecule has 0 spiro atoms. The highest BCUT2D eigenvalue weighted by Gasteiger charge is 2.18. The van der Waals surface area contributed by atoms with Gasteiger partial charge in [0.05, 0.1) is 5.56 Å². The molecule has 0 radical (unpaired) electrons. The molecule has 0 bridgehead atoms. The van der Waals surface area contributed by atoms with Gasteiger partial charge in [-0.05, 0) is 32.2 Å². The fourth-order valence-electron chi connectivity index (χ4n) is 1.11. The monoisotopic (exact) mass is 241 g/mol. The summed E-state index contributed by atoms with van der Waals surface area (Å²) in [5.74, 6) is -0.845. The molecule has 0 aliphatic carbocycles. The van der Waals surface area contributed by atoms with Crippen LogP contribution in [-0.4, -0.2) is 23.5 Å². The van der Waals surface area contributed by atoms with Gasteiger partial charge in [0.15, 0.2) is 0 Å². The second kappa shape index (κ2) is 5.34. The number of thioether (sulfide) groups is 1. The van der Waals surface area contributed by atoms with E-state index in [1.807, 2.05) is 20.1 Å². The smallest absolute Gasteiger partial charge is 0.254 e. The van der Waals surface area contributed by atoms with Gasteiger partial charge in [0.1, 0.15) is 5.82 Å². The molecule has 0 atom stereocenters. The van der Waals surface area contributed by atoms with Gasteiger partial charge in [-0.1, -0.05) is 12.1 Å². The zero-order valence-electron chi connectivity index (χ0n) is 9.71. The fourth-order valence-corrected chi connectivity index (χ4v) is 1.32. The minimum atomic E-state index is -0.484. The van der Waals surface area contributed by atoms with Gasteiger partial charge < -0.3 is 5.32 Å². The molecule has 0 saturated heterocycles. The molecule has 1 amide bonds. The summed E-state index contributed by atoms with van der Waals surface area (Å²) in [5.41, 5.74) is 0.0967. The molecule has 2 nitrogen and oxygen atoms in total. The van der Waals surface area contributed by atoms with E-state index in [9.17, 15) is 9.18 Å². The number of carbonyl (C=O) groups is 1. The minimum Gasteiger partial charge on any atom is -0.351 e. The molecule has 1 aromatic rings. The Balaban J connectivity index is 2.64. The molecule has 0 aliphatic heterocycles. The molecule has 1 rings (SSSR count). The summed E-state index contributed by atoms with van der Waals surface area (Å²) in [6.45, 7) is 4.57. The second-order valence-corrected chi connectivity index (χ2v) is 5.64. The lowest BCUT2D eigenvalue weighted by molar-refractivity contribution is 0.0947. The number of rotatable bonds is 4. The third kappa shape index (κ3) is 3.52. The largest absolute Gasteiger partial charge is 0.351 e. The van der Waals surface area contributed by atoms with E-state index in [2.05, 4.69) is 5.32 Å². The van der Waals surface area contributed by atoms with E-state index < -0.39 is 5.82 Å². The zero-order chi connectivity index (χ0) is 12.2.